The van der Waals surface area contributed by atoms with Crippen LogP contribution in [0.2, 0.25) is 0 Å². The molecule has 17 heavy (non-hydrogen) atoms. The SMILES string of the molecule is COc1ccc(CCc2ccc(C)o2)cc1O. The summed E-state index contributed by atoms with van der Waals surface area (Å²) in [6.07, 6.45) is 1.67. The summed E-state index contributed by atoms with van der Waals surface area (Å²) in [5.74, 6) is 2.58. The third-order valence-corrected chi connectivity index (χ3v) is 2.70. The molecule has 0 amide bonds. The molecular formula is C14H16O3. The maximum Gasteiger partial charge on any atom is 0.160 e. The molecule has 0 saturated carbocycles. The molecule has 0 aliphatic rings. The molecule has 3 heteroatoms. The van der Waals surface area contributed by atoms with E-state index in [4.69, 9.17) is 9.15 Å². The van der Waals surface area contributed by atoms with Gasteiger partial charge in [0.25, 0.3) is 0 Å². The molecule has 0 saturated heterocycles. The zero-order chi connectivity index (χ0) is 12.3. The second-order valence-corrected chi connectivity index (χ2v) is 4.02. The maximum absolute atomic E-state index is 9.64. The van der Waals surface area contributed by atoms with Gasteiger partial charge < -0.3 is 14.3 Å². The highest BCUT2D eigenvalue weighted by atomic mass is 16.5. The minimum Gasteiger partial charge on any atom is -0.504 e. The molecule has 1 N–H and O–H groups in total. The van der Waals surface area contributed by atoms with E-state index in [0.717, 1.165) is 29.9 Å². The molecule has 0 aliphatic carbocycles. The van der Waals surface area contributed by atoms with E-state index in [1.54, 1.807) is 19.2 Å². The smallest absolute Gasteiger partial charge is 0.160 e. The second-order valence-electron chi connectivity index (χ2n) is 4.02. The van der Waals surface area contributed by atoms with E-state index in [2.05, 4.69) is 0 Å². The molecule has 0 fully saturated rings. The summed E-state index contributed by atoms with van der Waals surface area (Å²) in [5, 5.41) is 9.64. The standard InChI is InChI=1S/C14H16O3/c1-10-3-6-12(17-10)7-4-11-5-8-14(16-2)13(15)9-11/h3,5-6,8-9,15H,4,7H2,1-2H3. The number of aryl methyl sites for hydroxylation is 3. The number of hydrogen-bond acceptors (Lipinski definition) is 3. The molecule has 1 aromatic carbocycles. The Balaban J connectivity index is 2.02. The average molecular weight is 232 g/mol. The number of aromatic hydroxyl groups is 1. The number of phenols is 1. The Kier molecular flexibility index (Phi) is 3.38. The molecule has 0 aliphatic heterocycles. The van der Waals surface area contributed by atoms with E-state index in [1.807, 2.05) is 25.1 Å². The molecular weight excluding hydrogens is 216 g/mol. The van der Waals surface area contributed by atoms with Crippen LogP contribution in [0.1, 0.15) is 17.1 Å². The summed E-state index contributed by atoms with van der Waals surface area (Å²) in [6.45, 7) is 1.93. The van der Waals surface area contributed by atoms with Crippen LogP contribution >= 0.6 is 0 Å². The zero-order valence-corrected chi connectivity index (χ0v) is 10.1. The second kappa shape index (κ2) is 4.95. The first-order chi connectivity index (χ1) is 8.19. The number of ether oxygens (including phenoxy) is 1. The van der Waals surface area contributed by atoms with Crippen molar-refractivity contribution in [2.45, 2.75) is 19.8 Å². The molecule has 0 radical (unpaired) electrons. The molecule has 0 spiro atoms. The van der Waals surface area contributed by atoms with E-state index < -0.39 is 0 Å². The van der Waals surface area contributed by atoms with Crippen LogP contribution in [-0.4, -0.2) is 12.2 Å². The summed E-state index contributed by atoms with van der Waals surface area (Å²) >= 11 is 0. The van der Waals surface area contributed by atoms with E-state index in [0.29, 0.717) is 5.75 Å². The number of phenolic OH excluding ortho intramolecular Hbond substituents is 1. The molecule has 1 heterocycles. The van der Waals surface area contributed by atoms with Crippen LogP contribution < -0.4 is 4.74 Å². The summed E-state index contributed by atoms with van der Waals surface area (Å²) in [4.78, 5) is 0. The summed E-state index contributed by atoms with van der Waals surface area (Å²) in [5.41, 5.74) is 1.07. The molecule has 0 atom stereocenters. The fraction of sp³-hybridized carbons (Fsp3) is 0.286. The highest BCUT2D eigenvalue weighted by Crippen LogP contribution is 2.26. The number of benzene rings is 1. The molecule has 1 aromatic heterocycles. The minimum absolute atomic E-state index is 0.181. The van der Waals surface area contributed by atoms with Crippen molar-refractivity contribution in [1.29, 1.82) is 0 Å². The minimum atomic E-state index is 0.181. The first kappa shape index (κ1) is 11.6. The number of rotatable bonds is 4. The quantitative estimate of drug-likeness (QED) is 0.880. The summed E-state index contributed by atoms with van der Waals surface area (Å²) < 4.78 is 10.5. The van der Waals surface area contributed by atoms with E-state index in [-0.39, 0.29) is 5.75 Å². The van der Waals surface area contributed by atoms with Gasteiger partial charge in [-0.15, -0.1) is 0 Å². The van der Waals surface area contributed by atoms with Gasteiger partial charge in [-0.2, -0.15) is 0 Å². The van der Waals surface area contributed by atoms with Crippen LogP contribution in [0.15, 0.2) is 34.7 Å². The van der Waals surface area contributed by atoms with Crippen molar-refractivity contribution in [2.24, 2.45) is 0 Å². The topological polar surface area (TPSA) is 42.6 Å². The lowest BCUT2D eigenvalue weighted by Gasteiger charge is -2.05. The van der Waals surface area contributed by atoms with E-state index in [1.165, 1.54) is 0 Å². The monoisotopic (exact) mass is 232 g/mol. The molecule has 2 aromatic rings. The molecule has 2 rings (SSSR count). The van der Waals surface area contributed by atoms with Crippen LogP contribution in [0.25, 0.3) is 0 Å². The van der Waals surface area contributed by atoms with Gasteiger partial charge >= 0.3 is 0 Å². The third kappa shape index (κ3) is 2.81. The Morgan fingerprint density at radius 3 is 2.59 bits per heavy atom. The fourth-order valence-electron chi connectivity index (χ4n) is 1.78. The number of hydrogen-bond donors (Lipinski definition) is 1. The van der Waals surface area contributed by atoms with Crippen LogP contribution in [0.3, 0.4) is 0 Å². The summed E-state index contributed by atoms with van der Waals surface area (Å²) in [6, 6.07) is 9.40. The Morgan fingerprint density at radius 2 is 2.00 bits per heavy atom. The van der Waals surface area contributed by atoms with Crippen molar-refractivity contribution < 1.29 is 14.3 Å². The van der Waals surface area contributed by atoms with Crippen molar-refractivity contribution in [1.82, 2.24) is 0 Å². The van der Waals surface area contributed by atoms with Gasteiger partial charge in [-0.05, 0) is 43.2 Å². The highest BCUT2D eigenvalue weighted by molar-refractivity contribution is 5.41. The van der Waals surface area contributed by atoms with E-state index in [9.17, 15) is 5.11 Å². The van der Waals surface area contributed by atoms with Crippen molar-refractivity contribution >= 4 is 0 Å². The maximum atomic E-state index is 9.64. The number of methoxy groups -OCH3 is 1. The normalized spacial score (nSPS) is 10.5. The predicted octanol–water partition coefficient (Wildman–Crippen LogP) is 3.09. The molecule has 0 bridgehead atoms. The Hall–Kier alpha value is -1.90. The first-order valence-corrected chi connectivity index (χ1v) is 5.60. The van der Waals surface area contributed by atoms with Gasteiger partial charge in [-0.1, -0.05) is 6.07 Å². The zero-order valence-electron chi connectivity index (χ0n) is 10.1. The van der Waals surface area contributed by atoms with Gasteiger partial charge in [0.2, 0.25) is 0 Å². The van der Waals surface area contributed by atoms with Crippen LogP contribution in [0.5, 0.6) is 11.5 Å². The van der Waals surface area contributed by atoms with Gasteiger partial charge in [0.05, 0.1) is 7.11 Å². The van der Waals surface area contributed by atoms with Crippen LogP contribution in [0, 0.1) is 6.92 Å². The van der Waals surface area contributed by atoms with Crippen molar-refractivity contribution in [2.75, 3.05) is 7.11 Å². The van der Waals surface area contributed by atoms with Gasteiger partial charge in [-0.3, -0.25) is 0 Å². The Bertz CT molecular complexity index is 500. The molecule has 0 unspecified atom stereocenters. The average Bonchev–Trinajstić information content (AvgIpc) is 2.73. The largest absolute Gasteiger partial charge is 0.504 e. The lowest BCUT2D eigenvalue weighted by molar-refractivity contribution is 0.373. The van der Waals surface area contributed by atoms with Crippen molar-refractivity contribution in [3.8, 4) is 11.5 Å². The van der Waals surface area contributed by atoms with Gasteiger partial charge in [-0.25, -0.2) is 0 Å². The highest BCUT2D eigenvalue weighted by Gasteiger charge is 2.04. The number of furan rings is 1. The lowest BCUT2D eigenvalue weighted by atomic mass is 10.1. The lowest BCUT2D eigenvalue weighted by Crippen LogP contribution is -1.91. The van der Waals surface area contributed by atoms with E-state index >= 15 is 0 Å². The van der Waals surface area contributed by atoms with Crippen molar-refractivity contribution in [3.05, 3.63) is 47.4 Å². The molecule has 90 valence electrons. The van der Waals surface area contributed by atoms with Crippen LogP contribution in [0.4, 0.5) is 0 Å². The summed E-state index contributed by atoms with van der Waals surface area (Å²) in [7, 11) is 1.54. The van der Waals surface area contributed by atoms with Crippen LogP contribution in [-0.2, 0) is 12.8 Å². The first-order valence-electron chi connectivity index (χ1n) is 5.60. The van der Waals surface area contributed by atoms with Gasteiger partial charge in [0.15, 0.2) is 11.5 Å². The third-order valence-electron chi connectivity index (χ3n) is 2.70. The Morgan fingerprint density at radius 1 is 1.18 bits per heavy atom. The Labute approximate surface area is 101 Å². The predicted molar refractivity (Wildman–Crippen MR) is 65.5 cm³/mol. The van der Waals surface area contributed by atoms with Crippen molar-refractivity contribution in [3.63, 3.8) is 0 Å². The fourth-order valence-corrected chi connectivity index (χ4v) is 1.78. The molecule has 3 nitrogen and oxygen atoms in total. The van der Waals surface area contributed by atoms with Gasteiger partial charge in [0, 0.05) is 6.42 Å². The van der Waals surface area contributed by atoms with Gasteiger partial charge in [0.1, 0.15) is 11.5 Å².